The normalized spacial score (nSPS) is 18.2. The van der Waals surface area contributed by atoms with Gasteiger partial charge in [-0.1, -0.05) is 6.07 Å². The molecule has 0 aromatic heterocycles. The van der Waals surface area contributed by atoms with Gasteiger partial charge in [0.2, 0.25) is 5.91 Å². The Morgan fingerprint density at radius 3 is 2.95 bits per heavy atom. The van der Waals surface area contributed by atoms with Crippen LogP contribution in [-0.4, -0.2) is 30.1 Å². The number of carbonyl (C=O) groups excluding carboxylic acids is 1. The molecule has 2 rings (SSSR count). The molecular formula is C14H18N2O3. The van der Waals surface area contributed by atoms with Gasteiger partial charge in [-0.3, -0.25) is 4.79 Å². The number of anilines is 1. The lowest BCUT2D eigenvalue weighted by atomic mass is 10.0. The van der Waals surface area contributed by atoms with Crippen molar-refractivity contribution >= 4 is 17.6 Å². The molecule has 3 N–H and O–H groups in total. The lowest BCUT2D eigenvalue weighted by Gasteiger charge is -2.09. The zero-order valence-corrected chi connectivity index (χ0v) is 10.7. The lowest BCUT2D eigenvalue weighted by Crippen LogP contribution is -2.15. The van der Waals surface area contributed by atoms with Crippen LogP contribution in [0.4, 0.5) is 5.69 Å². The number of hydrogen-bond acceptors (Lipinski definition) is 3. The number of carboxylic acid groups (broad SMARTS) is 1. The van der Waals surface area contributed by atoms with Crippen LogP contribution in [0.25, 0.3) is 0 Å². The third kappa shape index (κ3) is 4.06. The van der Waals surface area contributed by atoms with Gasteiger partial charge in [-0.2, -0.15) is 0 Å². The predicted molar refractivity (Wildman–Crippen MR) is 72.2 cm³/mol. The van der Waals surface area contributed by atoms with Crippen molar-refractivity contribution in [3.63, 3.8) is 0 Å². The molecule has 1 aliphatic rings. The molecule has 1 aromatic carbocycles. The fraction of sp³-hybridized carbons (Fsp3) is 0.429. The molecule has 102 valence electrons. The summed E-state index contributed by atoms with van der Waals surface area (Å²) in [5.74, 6) is -0.473. The van der Waals surface area contributed by atoms with Crippen LogP contribution >= 0.6 is 0 Å². The first-order chi connectivity index (χ1) is 9.15. The van der Waals surface area contributed by atoms with Crippen molar-refractivity contribution in [2.45, 2.75) is 19.3 Å². The SMILES string of the molecule is O=C(CCC1CCNC1)Nc1cccc(C(=O)O)c1. The van der Waals surface area contributed by atoms with Gasteiger partial charge in [0.25, 0.3) is 0 Å². The van der Waals surface area contributed by atoms with Gasteiger partial charge in [-0.15, -0.1) is 0 Å². The minimum absolute atomic E-state index is 0.0607. The molecule has 0 saturated carbocycles. The topological polar surface area (TPSA) is 78.4 Å². The van der Waals surface area contributed by atoms with E-state index in [1.54, 1.807) is 12.1 Å². The van der Waals surface area contributed by atoms with Gasteiger partial charge in [0.1, 0.15) is 0 Å². The molecule has 0 spiro atoms. The zero-order chi connectivity index (χ0) is 13.7. The number of hydrogen-bond donors (Lipinski definition) is 3. The Morgan fingerprint density at radius 1 is 1.42 bits per heavy atom. The number of carboxylic acids is 1. The Balaban J connectivity index is 1.84. The van der Waals surface area contributed by atoms with Crippen molar-refractivity contribution in [2.24, 2.45) is 5.92 Å². The van der Waals surface area contributed by atoms with Crippen molar-refractivity contribution in [1.82, 2.24) is 5.32 Å². The van der Waals surface area contributed by atoms with Crippen LogP contribution in [0.5, 0.6) is 0 Å². The summed E-state index contributed by atoms with van der Waals surface area (Å²) < 4.78 is 0. The molecule has 5 nitrogen and oxygen atoms in total. The van der Waals surface area contributed by atoms with Gasteiger partial charge in [-0.25, -0.2) is 4.79 Å². The summed E-state index contributed by atoms with van der Waals surface area (Å²) in [6.45, 7) is 2.02. The molecule has 1 aliphatic heterocycles. The van der Waals surface area contributed by atoms with Crippen LogP contribution in [0, 0.1) is 5.92 Å². The standard InChI is InChI=1S/C14H18N2O3/c17-13(5-4-10-6-7-15-9-10)16-12-3-1-2-11(8-12)14(18)19/h1-3,8,10,15H,4-7,9H2,(H,16,17)(H,18,19). The second-order valence-electron chi connectivity index (χ2n) is 4.83. The monoisotopic (exact) mass is 262 g/mol. The number of benzene rings is 1. The summed E-state index contributed by atoms with van der Waals surface area (Å²) in [5, 5.41) is 14.9. The highest BCUT2D eigenvalue weighted by atomic mass is 16.4. The summed E-state index contributed by atoms with van der Waals surface area (Å²) in [5.41, 5.74) is 0.715. The fourth-order valence-corrected chi connectivity index (χ4v) is 2.25. The highest BCUT2D eigenvalue weighted by Gasteiger charge is 2.15. The van der Waals surface area contributed by atoms with E-state index in [0.717, 1.165) is 25.9 Å². The van der Waals surface area contributed by atoms with Gasteiger partial charge in [0.15, 0.2) is 0 Å². The van der Waals surface area contributed by atoms with Crippen LogP contribution < -0.4 is 10.6 Å². The van der Waals surface area contributed by atoms with Crippen LogP contribution in [0.15, 0.2) is 24.3 Å². The van der Waals surface area contributed by atoms with E-state index in [1.807, 2.05) is 0 Å². The number of rotatable bonds is 5. The summed E-state index contributed by atoms with van der Waals surface area (Å²) in [4.78, 5) is 22.6. The van der Waals surface area contributed by atoms with Crippen LogP contribution in [0.3, 0.4) is 0 Å². The number of amides is 1. The Hall–Kier alpha value is -1.88. The van der Waals surface area contributed by atoms with E-state index in [9.17, 15) is 9.59 Å². The molecule has 1 atom stereocenters. The van der Waals surface area contributed by atoms with Crippen molar-refractivity contribution in [2.75, 3.05) is 18.4 Å². The molecule has 0 bridgehead atoms. The molecular weight excluding hydrogens is 244 g/mol. The first-order valence-corrected chi connectivity index (χ1v) is 6.49. The molecule has 1 saturated heterocycles. The van der Waals surface area contributed by atoms with E-state index in [0.29, 0.717) is 18.0 Å². The first kappa shape index (κ1) is 13.5. The van der Waals surface area contributed by atoms with Crippen molar-refractivity contribution < 1.29 is 14.7 Å². The van der Waals surface area contributed by atoms with E-state index in [2.05, 4.69) is 10.6 Å². The van der Waals surface area contributed by atoms with E-state index in [-0.39, 0.29) is 11.5 Å². The molecule has 1 unspecified atom stereocenters. The average Bonchev–Trinajstić information content (AvgIpc) is 2.90. The first-order valence-electron chi connectivity index (χ1n) is 6.49. The third-order valence-corrected chi connectivity index (χ3v) is 3.34. The smallest absolute Gasteiger partial charge is 0.335 e. The third-order valence-electron chi connectivity index (χ3n) is 3.34. The average molecular weight is 262 g/mol. The van der Waals surface area contributed by atoms with Crippen LogP contribution in [0.2, 0.25) is 0 Å². The van der Waals surface area contributed by atoms with Gasteiger partial charge in [-0.05, 0) is 50.0 Å². The maximum Gasteiger partial charge on any atom is 0.335 e. The molecule has 0 radical (unpaired) electrons. The predicted octanol–water partition coefficient (Wildman–Crippen LogP) is 1.71. The summed E-state index contributed by atoms with van der Waals surface area (Å²) >= 11 is 0. The molecule has 1 heterocycles. The second-order valence-corrected chi connectivity index (χ2v) is 4.83. The van der Waals surface area contributed by atoms with Gasteiger partial charge >= 0.3 is 5.97 Å². The Bertz CT molecular complexity index is 468. The number of carbonyl (C=O) groups is 2. The summed E-state index contributed by atoms with van der Waals surface area (Å²) in [6, 6.07) is 6.29. The molecule has 1 fully saturated rings. The van der Waals surface area contributed by atoms with E-state index >= 15 is 0 Å². The quantitative estimate of drug-likeness (QED) is 0.755. The Morgan fingerprint density at radius 2 is 2.26 bits per heavy atom. The van der Waals surface area contributed by atoms with Gasteiger partial charge in [0, 0.05) is 12.1 Å². The van der Waals surface area contributed by atoms with Crippen LogP contribution in [0.1, 0.15) is 29.6 Å². The summed E-state index contributed by atoms with van der Waals surface area (Å²) in [7, 11) is 0. The Labute approximate surface area is 112 Å². The molecule has 1 amide bonds. The Kier molecular flexibility index (Phi) is 4.52. The maximum absolute atomic E-state index is 11.8. The minimum Gasteiger partial charge on any atom is -0.478 e. The van der Waals surface area contributed by atoms with E-state index in [4.69, 9.17) is 5.11 Å². The van der Waals surface area contributed by atoms with Crippen molar-refractivity contribution in [3.8, 4) is 0 Å². The van der Waals surface area contributed by atoms with Crippen molar-refractivity contribution in [1.29, 1.82) is 0 Å². The highest BCUT2D eigenvalue weighted by molar-refractivity contribution is 5.93. The lowest BCUT2D eigenvalue weighted by molar-refractivity contribution is -0.116. The van der Waals surface area contributed by atoms with Gasteiger partial charge in [0.05, 0.1) is 5.56 Å². The summed E-state index contributed by atoms with van der Waals surface area (Å²) in [6.07, 6.45) is 2.48. The minimum atomic E-state index is -0.992. The van der Waals surface area contributed by atoms with E-state index < -0.39 is 5.97 Å². The fourth-order valence-electron chi connectivity index (χ4n) is 2.25. The largest absolute Gasteiger partial charge is 0.478 e. The number of aromatic carboxylic acids is 1. The number of nitrogens with one attached hydrogen (secondary N) is 2. The van der Waals surface area contributed by atoms with Gasteiger partial charge < -0.3 is 15.7 Å². The zero-order valence-electron chi connectivity index (χ0n) is 10.7. The molecule has 0 aliphatic carbocycles. The van der Waals surface area contributed by atoms with Crippen LogP contribution in [-0.2, 0) is 4.79 Å². The van der Waals surface area contributed by atoms with E-state index in [1.165, 1.54) is 12.1 Å². The second kappa shape index (κ2) is 6.33. The highest BCUT2D eigenvalue weighted by Crippen LogP contribution is 2.16. The molecule has 1 aromatic rings. The molecule has 5 heteroatoms. The van der Waals surface area contributed by atoms with Crippen molar-refractivity contribution in [3.05, 3.63) is 29.8 Å². The molecule has 19 heavy (non-hydrogen) atoms. The maximum atomic E-state index is 11.8.